The van der Waals surface area contributed by atoms with E-state index in [2.05, 4.69) is 5.32 Å². The third-order valence-corrected chi connectivity index (χ3v) is 5.68. The van der Waals surface area contributed by atoms with Crippen LogP contribution in [0, 0.1) is 0 Å². The molecule has 0 bridgehead atoms. The summed E-state index contributed by atoms with van der Waals surface area (Å²) in [7, 11) is 1.57. The van der Waals surface area contributed by atoms with Gasteiger partial charge in [-0.1, -0.05) is 12.1 Å². The van der Waals surface area contributed by atoms with Crippen molar-refractivity contribution in [3.05, 3.63) is 54.0 Å². The highest BCUT2D eigenvalue weighted by atomic mass is 32.2. The number of furan rings is 1. The van der Waals surface area contributed by atoms with Crippen LogP contribution in [-0.4, -0.2) is 48.2 Å². The standard InChI is InChI=1S/C20H22N2O6S/c1-13(23)22-16(12-29-19(22)17-7-4-8-27-17)20(25)28-11-18(24)21-10-14-5-3-6-15(9-14)26-2/h3-9,16,19H,10-12H2,1-2H3,(H,21,24)/t16-,19-/m1/s1. The Bertz CT molecular complexity index is 870. The van der Waals surface area contributed by atoms with Gasteiger partial charge in [0.2, 0.25) is 5.91 Å². The van der Waals surface area contributed by atoms with Gasteiger partial charge < -0.3 is 24.1 Å². The van der Waals surface area contributed by atoms with E-state index in [1.165, 1.54) is 29.8 Å². The lowest BCUT2D eigenvalue weighted by molar-refractivity contribution is -0.156. The van der Waals surface area contributed by atoms with E-state index in [9.17, 15) is 14.4 Å². The molecule has 29 heavy (non-hydrogen) atoms. The van der Waals surface area contributed by atoms with E-state index in [4.69, 9.17) is 13.9 Å². The molecule has 1 aliphatic heterocycles. The van der Waals surface area contributed by atoms with E-state index >= 15 is 0 Å². The van der Waals surface area contributed by atoms with E-state index in [-0.39, 0.29) is 17.8 Å². The van der Waals surface area contributed by atoms with Gasteiger partial charge in [0.25, 0.3) is 5.91 Å². The third kappa shape index (κ3) is 5.11. The fourth-order valence-corrected chi connectivity index (χ4v) is 4.41. The van der Waals surface area contributed by atoms with E-state index in [1.807, 2.05) is 24.3 Å². The molecule has 0 spiro atoms. The molecule has 2 amide bonds. The Morgan fingerprint density at radius 2 is 2.10 bits per heavy atom. The number of hydrogen-bond acceptors (Lipinski definition) is 7. The van der Waals surface area contributed by atoms with Gasteiger partial charge in [0.05, 0.1) is 13.4 Å². The summed E-state index contributed by atoms with van der Waals surface area (Å²) in [4.78, 5) is 38.0. The van der Waals surface area contributed by atoms with Crippen LogP contribution in [-0.2, 0) is 25.7 Å². The van der Waals surface area contributed by atoms with Crippen molar-refractivity contribution in [2.45, 2.75) is 24.9 Å². The molecule has 1 fully saturated rings. The van der Waals surface area contributed by atoms with Gasteiger partial charge in [0.15, 0.2) is 6.61 Å². The number of methoxy groups -OCH3 is 1. The predicted molar refractivity (Wildman–Crippen MR) is 106 cm³/mol. The Labute approximate surface area is 172 Å². The summed E-state index contributed by atoms with van der Waals surface area (Å²) in [5.74, 6) is 0.353. The van der Waals surface area contributed by atoms with Crippen LogP contribution in [0.4, 0.5) is 0 Å². The Hall–Kier alpha value is -2.94. The van der Waals surface area contributed by atoms with Gasteiger partial charge in [-0.15, -0.1) is 11.8 Å². The van der Waals surface area contributed by atoms with Crippen LogP contribution >= 0.6 is 11.8 Å². The molecule has 1 aromatic heterocycles. The number of nitrogens with zero attached hydrogens (tertiary/aromatic N) is 1. The monoisotopic (exact) mass is 418 g/mol. The van der Waals surface area contributed by atoms with Crippen molar-refractivity contribution in [1.82, 2.24) is 10.2 Å². The number of hydrogen-bond donors (Lipinski definition) is 1. The van der Waals surface area contributed by atoms with E-state index in [1.54, 1.807) is 19.2 Å². The van der Waals surface area contributed by atoms with Gasteiger partial charge in [0, 0.05) is 19.2 Å². The number of ether oxygens (including phenoxy) is 2. The highest BCUT2D eigenvalue weighted by Gasteiger charge is 2.43. The van der Waals surface area contributed by atoms with Crippen molar-refractivity contribution < 1.29 is 28.3 Å². The number of thioether (sulfide) groups is 1. The Morgan fingerprint density at radius 3 is 2.79 bits per heavy atom. The number of carbonyl (C=O) groups excluding carboxylic acids is 3. The molecule has 2 atom stereocenters. The summed E-state index contributed by atoms with van der Waals surface area (Å²) in [5, 5.41) is 2.30. The van der Waals surface area contributed by atoms with Gasteiger partial charge in [-0.2, -0.15) is 0 Å². The van der Waals surface area contributed by atoms with E-state index in [0.717, 1.165) is 5.56 Å². The Kier molecular flexibility index (Phi) is 6.82. The molecule has 0 saturated carbocycles. The average Bonchev–Trinajstić information content (AvgIpc) is 3.40. The normalized spacial score (nSPS) is 18.3. The first-order valence-corrected chi connectivity index (χ1v) is 10.0. The second-order valence-electron chi connectivity index (χ2n) is 6.38. The molecular weight excluding hydrogens is 396 g/mol. The molecule has 1 saturated heterocycles. The van der Waals surface area contributed by atoms with Crippen molar-refractivity contribution in [2.75, 3.05) is 19.5 Å². The minimum Gasteiger partial charge on any atom is -0.497 e. The van der Waals surface area contributed by atoms with Crippen LogP contribution in [0.1, 0.15) is 23.6 Å². The number of amides is 2. The van der Waals surface area contributed by atoms with Crippen molar-refractivity contribution >= 4 is 29.5 Å². The highest BCUT2D eigenvalue weighted by Crippen LogP contribution is 2.41. The summed E-state index contributed by atoms with van der Waals surface area (Å²) in [6, 6.07) is 10.0. The van der Waals surface area contributed by atoms with Crippen molar-refractivity contribution in [3.8, 4) is 5.75 Å². The van der Waals surface area contributed by atoms with Crippen LogP contribution in [0.25, 0.3) is 0 Å². The van der Waals surface area contributed by atoms with Crippen LogP contribution < -0.4 is 10.1 Å². The number of nitrogens with one attached hydrogen (secondary N) is 1. The lowest BCUT2D eigenvalue weighted by Gasteiger charge is -2.25. The lowest BCUT2D eigenvalue weighted by Crippen LogP contribution is -2.43. The molecule has 2 heterocycles. The number of esters is 1. The van der Waals surface area contributed by atoms with Crippen LogP contribution in [0.15, 0.2) is 47.1 Å². The first-order chi connectivity index (χ1) is 14.0. The number of benzene rings is 1. The van der Waals surface area contributed by atoms with Gasteiger partial charge in [0.1, 0.15) is 22.9 Å². The van der Waals surface area contributed by atoms with E-state index < -0.39 is 24.5 Å². The topological polar surface area (TPSA) is 98.1 Å². The lowest BCUT2D eigenvalue weighted by atomic mass is 10.2. The molecule has 3 rings (SSSR count). The third-order valence-electron chi connectivity index (χ3n) is 4.39. The van der Waals surface area contributed by atoms with Gasteiger partial charge >= 0.3 is 5.97 Å². The zero-order chi connectivity index (χ0) is 20.8. The largest absolute Gasteiger partial charge is 0.497 e. The minimum absolute atomic E-state index is 0.263. The predicted octanol–water partition coefficient (Wildman–Crippen LogP) is 2.11. The second-order valence-corrected chi connectivity index (χ2v) is 7.49. The maximum atomic E-state index is 12.5. The minimum atomic E-state index is -0.765. The fraction of sp³-hybridized carbons (Fsp3) is 0.350. The zero-order valence-electron chi connectivity index (χ0n) is 16.1. The molecule has 0 radical (unpaired) electrons. The molecule has 2 aromatic rings. The summed E-state index contributed by atoms with van der Waals surface area (Å²) >= 11 is 1.42. The van der Waals surface area contributed by atoms with Crippen LogP contribution in [0.2, 0.25) is 0 Å². The number of carbonyl (C=O) groups is 3. The van der Waals surface area contributed by atoms with Gasteiger partial charge in [-0.3, -0.25) is 9.59 Å². The molecule has 8 nitrogen and oxygen atoms in total. The van der Waals surface area contributed by atoms with Crippen molar-refractivity contribution in [2.24, 2.45) is 0 Å². The second kappa shape index (κ2) is 9.51. The van der Waals surface area contributed by atoms with Crippen LogP contribution in [0.3, 0.4) is 0 Å². The summed E-state index contributed by atoms with van der Waals surface area (Å²) < 4.78 is 15.7. The molecule has 1 aliphatic rings. The molecule has 0 unspecified atom stereocenters. The first-order valence-electron chi connectivity index (χ1n) is 8.99. The van der Waals surface area contributed by atoms with Gasteiger partial charge in [-0.05, 0) is 29.8 Å². The summed E-state index contributed by atoms with van der Waals surface area (Å²) in [6.45, 7) is 1.26. The highest BCUT2D eigenvalue weighted by molar-refractivity contribution is 7.99. The fourth-order valence-electron chi connectivity index (χ4n) is 2.99. The Balaban J connectivity index is 1.51. The molecule has 1 aromatic carbocycles. The van der Waals surface area contributed by atoms with E-state index in [0.29, 0.717) is 17.3 Å². The first kappa shape index (κ1) is 20.8. The summed E-state index contributed by atoms with van der Waals surface area (Å²) in [6.07, 6.45) is 1.52. The molecule has 154 valence electrons. The van der Waals surface area contributed by atoms with Crippen molar-refractivity contribution in [3.63, 3.8) is 0 Å². The molecular formula is C20H22N2O6S. The van der Waals surface area contributed by atoms with Gasteiger partial charge in [-0.25, -0.2) is 4.79 Å². The molecule has 0 aliphatic carbocycles. The van der Waals surface area contributed by atoms with Crippen LogP contribution in [0.5, 0.6) is 5.75 Å². The Morgan fingerprint density at radius 1 is 1.28 bits per heavy atom. The molecule has 9 heteroatoms. The zero-order valence-corrected chi connectivity index (χ0v) is 16.9. The summed E-state index contributed by atoms with van der Waals surface area (Å²) in [5.41, 5.74) is 0.861. The smallest absolute Gasteiger partial charge is 0.330 e. The SMILES string of the molecule is COc1cccc(CNC(=O)COC(=O)[C@H]2CS[C@H](c3ccco3)N2C(C)=O)c1. The van der Waals surface area contributed by atoms with Crippen molar-refractivity contribution in [1.29, 1.82) is 0 Å². The number of rotatable bonds is 7. The maximum Gasteiger partial charge on any atom is 0.330 e. The quantitative estimate of drug-likeness (QED) is 0.688. The molecule has 1 N–H and O–H groups in total. The average molecular weight is 418 g/mol. The maximum absolute atomic E-state index is 12.5.